The summed E-state index contributed by atoms with van der Waals surface area (Å²) in [6.45, 7) is 0.264. The number of amides is 1. The van der Waals surface area contributed by atoms with Crippen LogP contribution in [0.25, 0.3) is 11.0 Å². The van der Waals surface area contributed by atoms with E-state index >= 15 is 0 Å². The third-order valence-electron chi connectivity index (χ3n) is 3.56. The molecule has 9 heteroatoms. The largest absolute Gasteiger partial charge is 0.496 e. The van der Waals surface area contributed by atoms with Gasteiger partial charge in [0.1, 0.15) is 5.75 Å². The Balaban J connectivity index is 1.58. The molecule has 26 heavy (non-hydrogen) atoms. The fourth-order valence-corrected chi connectivity index (χ4v) is 3.22. The molecule has 5 nitrogen and oxygen atoms in total. The van der Waals surface area contributed by atoms with Gasteiger partial charge in [-0.1, -0.05) is 23.4 Å². The number of carbonyl (C=O) groups is 1. The number of methoxy groups -OCH3 is 1. The van der Waals surface area contributed by atoms with E-state index < -0.39 is 11.6 Å². The molecule has 2 aromatic carbocycles. The predicted molar refractivity (Wildman–Crippen MR) is 96.6 cm³/mol. The van der Waals surface area contributed by atoms with Crippen molar-refractivity contribution in [2.45, 2.75) is 11.7 Å². The third kappa shape index (κ3) is 4.25. The molecule has 0 saturated carbocycles. The lowest BCUT2D eigenvalue weighted by molar-refractivity contribution is -0.118. The lowest BCUT2D eigenvalue weighted by Crippen LogP contribution is -2.24. The Morgan fingerprint density at radius 3 is 2.85 bits per heavy atom. The normalized spacial score (nSPS) is 10.9. The summed E-state index contributed by atoms with van der Waals surface area (Å²) in [6, 6.07) is 7.19. The number of fused-ring (bicyclic) bond motifs is 1. The molecule has 0 fully saturated rings. The van der Waals surface area contributed by atoms with Crippen molar-refractivity contribution in [3.8, 4) is 5.75 Å². The smallest absolute Gasteiger partial charge is 0.230 e. The zero-order valence-electron chi connectivity index (χ0n) is 13.6. The van der Waals surface area contributed by atoms with Gasteiger partial charge in [0.2, 0.25) is 5.91 Å². The summed E-state index contributed by atoms with van der Waals surface area (Å²) in [4.78, 5) is 19.0. The zero-order valence-corrected chi connectivity index (χ0v) is 15.2. The third-order valence-corrected chi connectivity index (χ3v) is 4.67. The maximum atomic E-state index is 13.2. The van der Waals surface area contributed by atoms with Gasteiger partial charge in [-0.15, -0.1) is 0 Å². The number of ether oxygens (including phenoxy) is 1. The SMILES string of the molecule is COc1ccc(Cl)cc1CNC(=O)CSc1nc2cc(F)c(F)cc2[nH]1. The van der Waals surface area contributed by atoms with E-state index in [2.05, 4.69) is 15.3 Å². The molecule has 0 aliphatic rings. The average molecular weight is 398 g/mol. The van der Waals surface area contributed by atoms with Crippen molar-refractivity contribution in [2.24, 2.45) is 0 Å². The average Bonchev–Trinajstić information content (AvgIpc) is 3.00. The number of benzene rings is 2. The van der Waals surface area contributed by atoms with Crippen LogP contribution in [0.1, 0.15) is 5.56 Å². The number of imidazole rings is 1. The van der Waals surface area contributed by atoms with E-state index in [1.165, 1.54) is 7.11 Å². The van der Waals surface area contributed by atoms with E-state index in [1.807, 2.05) is 0 Å². The summed E-state index contributed by atoms with van der Waals surface area (Å²) in [7, 11) is 1.54. The summed E-state index contributed by atoms with van der Waals surface area (Å²) in [5.41, 5.74) is 1.43. The van der Waals surface area contributed by atoms with Crippen molar-refractivity contribution in [3.05, 3.63) is 52.6 Å². The monoisotopic (exact) mass is 397 g/mol. The summed E-state index contributed by atoms with van der Waals surface area (Å²) in [6.07, 6.45) is 0. The summed E-state index contributed by atoms with van der Waals surface area (Å²) < 4.78 is 31.6. The van der Waals surface area contributed by atoms with E-state index in [9.17, 15) is 13.6 Å². The maximum absolute atomic E-state index is 13.2. The number of halogens is 3. The Morgan fingerprint density at radius 1 is 1.31 bits per heavy atom. The molecular weight excluding hydrogens is 384 g/mol. The molecule has 0 bridgehead atoms. The van der Waals surface area contributed by atoms with Gasteiger partial charge in [0, 0.05) is 29.3 Å². The minimum Gasteiger partial charge on any atom is -0.496 e. The van der Waals surface area contributed by atoms with Crippen LogP contribution in [0.3, 0.4) is 0 Å². The molecule has 1 heterocycles. The molecule has 0 spiro atoms. The van der Waals surface area contributed by atoms with E-state index in [0.29, 0.717) is 27.0 Å². The highest BCUT2D eigenvalue weighted by atomic mass is 35.5. The van der Waals surface area contributed by atoms with Gasteiger partial charge in [-0.05, 0) is 18.2 Å². The van der Waals surface area contributed by atoms with Crippen LogP contribution in [-0.2, 0) is 11.3 Å². The number of nitrogens with one attached hydrogen (secondary N) is 2. The lowest BCUT2D eigenvalue weighted by Gasteiger charge is -2.10. The van der Waals surface area contributed by atoms with Crippen LogP contribution >= 0.6 is 23.4 Å². The molecular formula is C17H14ClF2N3O2S. The van der Waals surface area contributed by atoms with Crippen LogP contribution in [0, 0.1) is 11.6 Å². The number of hydrogen-bond acceptors (Lipinski definition) is 4. The molecule has 0 atom stereocenters. The second-order valence-electron chi connectivity index (χ2n) is 5.35. The van der Waals surface area contributed by atoms with Crippen LogP contribution in [0.15, 0.2) is 35.5 Å². The fraction of sp³-hybridized carbons (Fsp3) is 0.176. The highest BCUT2D eigenvalue weighted by Crippen LogP contribution is 2.23. The molecule has 136 valence electrons. The van der Waals surface area contributed by atoms with Crippen LogP contribution in [-0.4, -0.2) is 28.7 Å². The van der Waals surface area contributed by atoms with Crippen LogP contribution in [0.2, 0.25) is 5.02 Å². The summed E-state index contributed by atoms with van der Waals surface area (Å²) >= 11 is 7.09. The highest BCUT2D eigenvalue weighted by Gasteiger charge is 2.11. The van der Waals surface area contributed by atoms with Crippen molar-refractivity contribution < 1.29 is 18.3 Å². The van der Waals surface area contributed by atoms with Gasteiger partial charge in [-0.25, -0.2) is 13.8 Å². The second kappa shape index (κ2) is 7.92. The Morgan fingerprint density at radius 2 is 2.08 bits per heavy atom. The maximum Gasteiger partial charge on any atom is 0.230 e. The topological polar surface area (TPSA) is 67.0 Å². The van der Waals surface area contributed by atoms with Crippen molar-refractivity contribution in [3.63, 3.8) is 0 Å². The van der Waals surface area contributed by atoms with Crippen LogP contribution in [0.5, 0.6) is 5.75 Å². The Hall–Kier alpha value is -2.32. The first-order chi connectivity index (χ1) is 12.5. The number of aromatic nitrogens is 2. The van der Waals surface area contributed by atoms with Gasteiger partial charge < -0.3 is 15.0 Å². The quantitative estimate of drug-likeness (QED) is 0.619. The zero-order chi connectivity index (χ0) is 18.7. The molecule has 2 N–H and O–H groups in total. The Labute approximate surface area is 157 Å². The number of hydrogen-bond donors (Lipinski definition) is 2. The lowest BCUT2D eigenvalue weighted by atomic mass is 10.2. The molecule has 0 radical (unpaired) electrons. The van der Waals surface area contributed by atoms with Crippen LogP contribution in [0.4, 0.5) is 8.78 Å². The molecule has 3 aromatic rings. The highest BCUT2D eigenvalue weighted by molar-refractivity contribution is 7.99. The van der Waals surface area contributed by atoms with E-state index in [0.717, 1.165) is 29.5 Å². The van der Waals surface area contributed by atoms with Crippen molar-refractivity contribution in [1.82, 2.24) is 15.3 Å². The summed E-state index contributed by atoms with van der Waals surface area (Å²) in [5.74, 6) is -1.42. The fourth-order valence-electron chi connectivity index (χ4n) is 2.31. The second-order valence-corrected chi connectivity index (χ2v) is 6.75. The van der Waals surface area contributed by atoms with Gasteiger partial charge in [-0.2, -0.15) is 0 Å². The first-order valence-electron chi connectivity index (χ1n) is 7.53. The van der Waals surface area contributed by atoms with Gasteiger partial charge in [-0.3, -0.25) is 4.79 Å². The number of thioether (sulfide) groups is 1. The molecule has 0 aliphatic heterocycles. The number of carbonyl (C=O) groups excluding carboxylic acids is 1. The minimum absolute atomic E-state index is 0.0909. The number of H-pyrrole nitrogens is 1. The number of aromatic amines is 1. The predicted octanol–water partition coefficient (Wildman–Crippen LogP) is 3.91. The first-order valence-corrected chi connectivity index (χ1v) is 8.89. The molecule has 3 rings (SSSR count). The van der Waals surface area contributed by atoms with Crippen molar-refractivity contribution in [2.75, 3.05) is 12.9 Å². The molecule has 1 amide bonds. The molecule has 1 aromatic heterocycles. The van der Waals surface area contributed by atoms with Gasteiger partial charge in [0.05, 0.1) is 23.9 Å². The summed E-state index contributed by atoms with van der Waals surface area (Å²) in [5, 5.41) is 3.71. The van der Waals surface area contributed by atoms with Crippen molar-refractivity contribution >= 4 is 40.3 Å². The Kier molecular flexibility index (Phi) is 5.63. The van der Waals surface area contributed by atoms with Gasteiger partial charge in [0.15, 0.2) is 16.8 Å². The van der Waals surface area contributed by atoms with E-state index in [4.69, 9.17) is 16.3 Å². The minimum atomic E-state index is -0.964. The van der Waals surface area contributed by atoms with Crippen molar-refractivity contribution in [1.29, 1.82) is 0 Å². The van der Waals surface area contributed by atoms with Crippen LogP contribution < -0.4 is 10.1 Å². The molecule has 0 unspecified atom stereocenters. The first kappa shape index (κ1) is 18.5. The van der Waals surface area contributed by atoms with Gasteiger partial charge >= 0.3 is 0 Å². The standard InChI is InChI=1S/C17H14ClF2N3O2S/c1-25-15-3-2-10(18)4-9(15)7-21-16(24)8-26-17-22-13-5-11(19)12(20)6-14(13)23-17/h2-6H,7-8H2,1H3,(H,21,24)(H,22,23). The Bertz CT molecular complexity index is 926. The molecule has 0 saturated heterocycles. The molecule has 0 aliphatic carbocycles. The van der Waals surface area contributed by atoms with E-state index in [1.54, 1.807) is 18.2 Å². The number of rotatable bonds is 6. The van der Waals surface area contributed by atoms with Gasteiger partial charge in [0.25, 0.3) is 0 Å². The number of nitrogens with zero attached hydrogens (tertiary/aromatic N) is 1. The van der Waals surface area contributed by atoms with E-state index in [-0.39, 0.29) is 18.2 Å².